The van der Waals surface area contributed by atoms with Crippen LogP contribution in [0.4, 0.5) is 4.79 Å². The van der Waals surface area contributed by atoms with E-state index in [0.29, 0.717) is 12.6 Å². The fourth-order valence-electron chi connectivity index (χ4n) is 4.05. The van der Waals surface area contributed by atoms with Crippen molar-refractivity contribution in [3.05, 3.63) is 71.3 Å². The first-order valence-corrected chi connectivity index (χ1v) is 9.56. The smallest absolute Gasteiger partial charge is 0.410 e. The summed E-state index contributed by atoms with van der Waals surface area (Å²) in [6, 6.07) is 19.2. The van der Waals surface area contributed by atoms with E-state index in [1.165, 1.54) is 11.1 Å². The van der Waals surface area contributed by atoms with Gasteiger partial charge in [-0.25, -0.2) is 4.79 Å². The molecule has 4 heteroatoms. The van der Waals surface area contributed by atoms with Crippen LogP contribution >= 0.6 is 0 Å². The molecule has 0 saturated carbocycles. The van der Waals surface area contributed by atoms with Gasteiger partial charge in [0, 0.05) is 32.2 Å². The van der Waals surface area contributed by atoms with Gasteiger partial charge in [-0.2, -0.15) is 0 Å². The van der Waals surface area contributed by atoms with E-state index in [9.17, 15) is 4.79 Å². The number of carbonyl (C=O) groups excluding carboxylic acids is 1. The van der Waals surface area contributed by atoms with Gasteiger partial charge in [-0.1, -0.05) is 54.6 Å². The van der Waals surface area contributed by atoms with Crippen LogP contribution in [0.3, 0.4) is 0 Å². The van der Waals surface area contributed by atoms with Crippen molar-refractivity contribution < 1.29 is 9.53 Å². The van der Waals surface area contributed by atoms with Crippen LogP contribution in [0.25, 0.3) is 0 Å². The maximum Gasteiger partial charge on any atom is 0.410 e. The first-order chi connectivity index (χ1) is 12.8. The van der Waals surface area contributed by atoms with E-state index in [1.807, 2.05) is 35.2 Å². The van der Waals surface area contributed by atoms with Gasteiger partial charge in [-0.15, -0.1) is 0 Å². The summed E-state index contributed by atoms with van der Waals surface area (Å²) in [5.41, 5.74) is 3.98. The Labute approximate surface area is 155 Å². The molecular formula is C22H26N2O2. The molecule has 4 nitrogen and oxygen atoms in total. The van der Waals surface area contributed by atoms with Crippen molar-refractivity contribution in [3.8, 4) is 0 Å². The summed E-state index contributed by atoms with van der Waals surface area (Å²) in [5, 5.41) is 0. The molecule has 2 aromatic rings. The second kappa shape index (κ2) is 7.92. The highest BCUT2D eigenvalue weighted by molar-refractivity contribution is 5.67. The maximum atomic E-state index is 12.3. The number of fused-ring (bicyclic) bond motifs is 1. The van der Waals surface area contributed by atoms with E-state index < -0.39 is 0 Å². The Morgan fingerprint density at radius 2 is 1.62 bits per heavy atom. The van der Waals surface area contributed by atoms with E-state index in [-0.39, 0.29) is 6.09 Å². The maximum absolute atomic E-state index is 12.3. The molecule has 136 valence electrons. The summed E-state index contributed by atoms with van der Waals surface area (Å²) in [4.78, 5) is 16.8. The molecule has 0 atom stereocenters. The summed E-state index contributed by atoms with van der Waals surface area (Å²) < 4.78 is 5.47. The van der Waals surface area contributed by atoms with Crippen LogP contribution in [0.1, 0.15) is 29.5 Å². The van der Waals surface area contributed by atoms with Crippen LogP contribution < -0.4 is 0 Å². The average Bonchev–Trinajstić information content (AvgIpc) is 2.72. The predicted molar refractivity (Wildman–Crippen MR) is 102 cm³/mol. The molecule has 1 amide bonds. The Balaban J connectivity index is 1.26. The SMILES string of the molecule is O=C(OCc1ccccc1)N1CCC(N2CCc3ccccc3C2)CC1. The minimum atomic E-state index is -0.184. The van der Waals surface area contributed by atoms with Crippen molar-refractivity contribution in [1.29, 1.82) is 0 Å². The third kappa shape index (κ3) is 3.91. The normalized spacial score (nSPS) is 18.4. The molecule has 0 radical (unpaired) electrons. The largest absolute Gasteiger partial charge is 0.445 e. The third-order valence-electron chi connectivity index (χ3n) is 5.60. The molecule has 0 unspecified atom stereocenters. The molecule has 0 aromatic heterocycles. The number of piperidine rings is 1. The van der Waals surface area contributed by atoms with Gasteiger partial charge in [0.05, 0.1) is 0 Å². The first-order valence-electron chi connectivity index (χ1n) is 9.56. The Morgan fingerprint density at radius 3 is 2.38 bits per heavy atom. The quantitative estimate of drug-likeness (QED) is 0.843. The van der Waals surface area contributed by atoms with E-state index in [2.05, 4.69) is 29.2 Å². The fourth-order valence-corrected chi connectivity index (χ4v) is 4.05. The van der Waals surface area contributed by atoms with Gasteiger partial charge in [-0.05, 0) is 36.0 Å². The Hall–Kier alpha value is -2.33. The van der Waals surface area contributed by atoms with Gasteiger partial charge >= 0.3 is 6.09 Å². The molecule has 1 saturated heterocycles. The van der Waals surface area contributed by atoms with Crippen molar-refractivity contribution in [3.63, 3.8) is 0 Å². The van der Waals surface area contributed by atoms with Crippen LogP contribution in [0, 0.1) is 0 Å². The number of nitrogens with zero attached hydrogens (tertiary/aromatic N) is 2. The van der Waals surface area contributed by atoms with E-state index in [0.717, 1.165) is 51.0 Å². The number of amides is 1. The lowest BCUT2D eigenvalue weighted by molar-refractivity contribution is 0.0644. The summed E-state index contributed by atoms with van der Waals surface area (Å²) in [6.07, 6.45) is 3.01. The highest BCUT2D eigenvalue weighted by Gasteiger charge is 2.29. The summed E-state index contributed by atoms with van der Waals surface area (Å²) in [6.45, 7) is 4.09. The first kappa shape index (κ1) is 17.1. The van der Waals surface area contributed by atoms with Crippen LogP contribution in [-0.2, 0) is 24.3 Å². The van der Waals surface area contributed by atoms with Crippen molar-refractivity contribution in [2.24, 2.45) is 0 Å². The zero-order valence-electron chi connectivity index (χ0n) is 15.1. The lowest BCUT2D eigenvalue weighted by Gasteiger charge is -2.40. The van der Waals surface area contributed by atoms with Gasteiger partial charge in [0.25, 0.3) is 0 Å². The zero-order valence-corrected chi connectivity index (χ0v) is 15.1. The number of likely N-dealkylation sites (tertiary alicyclic amines) is 1. The van der Waals surface area contributed by atoms with E-state index in [4.69, 9.17) is 4.74 Å². The molecule has 0 spiro atoms. The van der Waals surface area contributed by atoms with Crippen LogP contribution in [0.15, 0.2) is 54.6 Å². The molecular weight excluding hydrogens is 324 g/mol. The van der Waals surface area contributed by atoms with Crippen molar-refractivity contribution in [2.75, 3.05) is 19.6 Å². The number of rotatable bonds is 3. The van der Waals surface area contributed by atoms with Gasteiger partial charge in [0.1, 0.15) is 6.61 Å². The number of ether oxygens (including phenoxy) is 1. The monoisotopic (exact) mass is 350 g/mol. The fraction of sp³-hybridized carbons (Fsp3) is 0.409. The second-order valence-electron chi connectivity index (χ2n) is 7.25. The lowest BCUT2D eigenvalue weighted by Crippen LogP contribution is -2.48. The van der Waals surface area contributed by atoms with Crippen molar-refractivity contribution in [1.82, 2.24) is 9.80 Å². The Kier molecular flexibility index (Phi) is 5.21. The second-order valence-corrected chi connectivity index (χ2v) is 7.25. The molecule has 4 rings (SSSR count). The lowest BCUT2D eigenvalue weighted by atomic mass is 9.95. The topological polar surface area (TPSA) is 32.8 Å². The molecule has 0 aliphatic carbocycles. The van der Waals surface area contributed by atoms with Crippen LogP contribution in [0.2, 0.25) is 0 Å². The number of hydrogen-bond donors (Lipinski definition) is 0. The van der Waals surface area contributed by atoms with Crippen molar-refractivity contribution in [2.45, 2.75) is 38.5 Å². The van der Waals surface area contributed by atoms with Crippen LogP contribution in [-0.4, -0.2) is 41.6 Å². The molecule has 0 bridgehead atoms. The predicted octanol–water partition coefficient (Wildman–Crippen LogP) is 3.85. The van der Waals surface area contributed by atoms with Crippen LogP contribution in [0.5, 0.6) is 0 Å². The highest BCUT2D eigenvalue weighted by atomic mass is 16.6. The number of carbonyl (C=O) groups is 1. The molecule has 0 N–H and O–H groups in total. The Bertz CT molecular complexity index is 739. The minimum Gasteiger partial charge on any atom is -0.445 e. The van der Waals surface area contributed by atoms with Gasteiger partial charge in [-0.3, -0.25) is 4.90 Å². The summed E-state index contributed by atoms with van der Waals surface area (Å²) in [5.74, 6) is 0. The molecule has 1 fully saturated rings. The summed E-state index contributed by atoms with van der Waals surface area (Å²) >= 11 is 0. The Morgan fingerprint density at radius 1 is 0.923 bits per heavy atom. The molecule has 2 heterocycles. The summed E-state index contributed by atoms with van der Waals surface area (Å²) in [7, 11) is 0. The highest BCUT2D eigenvalue weighted by Crippen LogP contribution is 2.25. The van der Waals surface area contributed by atoms with Gasteiger partial charge < -0.3 is 9.64 Å². The zero-order chi connectivity index (χ0) is 17.8. The standard InChI is InChI=1S/C22H26N2O2/c25-22(26-17-18-6-2-1-3-7-18)23-14-11-21(12-15-23)24-13-10-19-8-4-5-9-20(19)16-24/h1-9,21H,10-17H2. The average molecular weight is 350 g/mol. The van der Waals surface area contributed by atoms with Crippen molar-refractivity contribution >= 4 is 6.09 Å². The molecule has 26 heavy (non-hydrogen) atoms. The molecule has 2 aromatic carbocycles. The third-order valence-corrected chi connectivity index (χ3v) is 5.60. The van der Waals surface area contributed by atoms with E-state index >= 15 is 0 Å². The number of benzene rings is 2. The van der Waals surface area contributed by atoms with Gasteiger partial charge in [0.2, 0.25) is 0 Å². The van der Waals surface area contributed by atoms with E-state index in [1.54, 1.807) is 0 Å². The van der Waals surface area contributed by atoms with Gasteiger partial charge in [0.15, 0.2) is 0 Å². The molecule has 2 aliphatic heterocycles. The minimum absolute atomic E-state index is 0.184. The number of hydrogen-bond acceptors (Lipinski definition) is 3. The molecule has 2 aliphatic rings.